The van der Waals surface area contributed by atoms with E-state index in [2.05, 4.69) is 48.9 Å². The monoisotopic (exact) mass is 263 g/mol. The zero-order valence-electron chi connectivity index (χ0n) is 12.9. The summed E-state index contributed by atoms with van der Waals surface area (Å²) in [6, 6.07) is 2.88. The largest absolute Gasteiger partial charge is 0.314 e. The zero-order valence-corrected chi connectivity index (χ0v) is 12.9. The van der Waals surface area contributed by atoms with Gasteiger partial charge in [0.1, 0.15) is 0 Å². The summed E-state index contributed by atoms with van der Waals surface area (Å²) in [6.07, 6.45) is 5.30. The van der Waals surface area contributed by atoms with Gasteiger partial charge in [0, 0.05) is 24.7 Å². The maximum atomic E-state index is 4.57. The van der Waals surface area contributed by atoms with E-state index in [0.717, 1.165) is 37.0 Å². The molecule has 0 amide bonds. The van der Waals surface area contributed by atoms with Crippen LogP contribution in [0.25, 0.3) is 0 Å². The van der Waals surface area contributed by atoms with Gasteiger partial charge in [-0.25, -0.2) is 0 Å². The molecule has 3 heteroatoms. The van der Waals surface area contributed by atoms with Gasteiger partial charge in [-0.2, -0.15) is 5.10 Å². The summed E-state index contributed by atoms with van der Waals surface area (Å²) >= 11 is 0. The third-order valence-corrected chi connectivity index (χ3v) is 4.48. The molecule has 108 valence electrons. The third kappa shape index (κ3) is 3.59. The molecule has 1 fully saturated rings. The van der Waals surface area contributed by atoms with Crippen molar-refractivity contribution in [3.63, 3.8) is 0 Å². The first-order valence-corrected chi connectivity index (χ1v) is 7.90. The first kappa shape index (κ1) is 14.6. The first-order valence-electron chi connectivity index (χ1n) is 7.90. The number of hydrogen-bond acceptors (Lipinski definition) is 2. The van der Waals surface area contributed by atoms with E-state index in [0.29, 0.717) is 6.04 Å². The predicted octanol–water partition coefficient (Wildman–Crippen LogP) is 3.17. The molecule has 1 aromatic rings. The average Bonchev–Trinajstić information content (AvgIpc) is 2.95. The summed E-state index contributed by atoms with van der Waals surface area (Å²) in [4.78, 5) is 0. The molecule has 1 N–H and O–H groups in total. The summed E-state index contributed by atoms with van der Waals surface area (Å²) in [5.41, 5.74) is 2.54. The molecule has 0 aromatic carbocycles. The van der Waals surface area contributed by atoms with Crippen LogP contribution in [-0.4, -0.2) is 22.4 Å². The fourth-order valence-corrected chi connectivity index (χ4v) is 3.55. The van der Waals surface area contributed by atoms with Crippen molar-refractivity contribution < 1.29 is 0 Å². The van der Waals surface area contributed by atoms with Crippen molar-refractivity contribution in [2.24, 2.45) is 11.8 Å². The van der Waals surface area contributed by atoms with E-state index in [1.807, 2.05) is 0 Å². The Balaban J connectivity index is 2.07. The van der Waals surface area contributed by atoms with Crippen LogP contribution in [-0.2, 0) is 13.0 Å². The molecule has 3 unspecified atom stereocenters. The molecule has 0 radical (unpaired) electrons. The maximum Gasteiger partial charge on any atom is 0.0596 e. The lowest BCUT2D eigenvalue weighted by Gasteiger charge is -2.24. The minimum atomic E-state index is 0.622. The minimum absolute atomic E-state index is 0.622. The topological polar surface area (TPSA) is 29.9 Å². The van der Waals surface area contributed by atoms with Crippen molar-refractivity contribution >= 4 is 0 Å². The van der Waals surface area contributed by atoms with E-state index in [4.69, 9.17) is 0 Å². The van der Waals surface area contributed by atoms with Crippen molar-refractivity contribution in [1.82, 2.24) is 15.1 Å². The summed E-state index contributed by atoms with van der Waals surface area (Å²) in [5.74, 6) is 1.75. The normalized spacial score (nSPS) is 24.8. The van der Waals surface area contributed by atoms with Gasteiger partial charge in [-0.1, -0.05) is 20.3 Å². The SMILES string of the molecule is CCNC(Cc1cc(C)nn1CC)C1CCC(C)C1. The second kappa shape index (κ2) is 6.56. The lowest BCUT2D eigenvalue weighted by atomic mass is 9.93. The van der Waals surface area contributed by atoms with Gasteiger partial charge < -0.3 is 5.32 Å². The molecule has 1 heterocycles. The van der Waals surface area contributed by atoms with E-state index in [1.54, 1.807) is 0 Å². The second-order valence-corrected chi connectivity index (χ2v) is 6.14. The Kier molecular flexibility index (Phi) is 5.03. The van der Waals surface area contributed by atoms with E-state index in [-0.39, 0.29) is 0 Å². The van der Waals surface area contributed by atoms with Gasteiger partial charge in [0.15, 0.2) is 0 Å². The average molecular weight is 263 g/mol. The number of aromatic nitrogens is 2. The molecule has 1 aliphatic carbocycles. The van der Waals surface area contributed by atoms with Crippen LogP contribution in [0.5, 0.6) is 0 Å². The first-order chi connectivity index (χ1) is 9.13. The van der Waals surface area contributed by atoms with E-state index >= 15 is 0 Å². The molecule has 2 rings (SSSR count). The Bertz CT molecular complexity index is 397. The summed E-state index contributed by atoms with van der Waals surface area (Å²) in [6.45, 7) is 10.9. The Morgan fingerprint density at radius 3 is 2.79 bits per heavy atom. The molecule has 1 aliphatic rings. The van der Waals surface area contributed by atoms with Crippen molar-refractivity contribution in [3.05, 3.63) is 17.5 Å². The van der Waals surface area contributed by atoms with Gasteiger partial charge in [0.05, 0.1) is 5.69 Å². The van der Waals surface area contributed by atoms with E-state index < -0.39 is 0 Å². The van der Waals surface area contributed by atoms with Crippen LogP contribution in [0.1, 0.15) is 51.4 Å². The van der Waals surface area contributed by atoms with Crippen LogP contribution in [0.15, 0.2) is 6.07 Å². The molecule has 3 nitrogen and oxygen atoms in total. The smallest absolute Gasteiger partial charge is 0.0596 e. The quantitative estimate of drug-likeness (QED) is 0.854. The standard InChI is InChI=1S/C16H29N3/c1-5-17-16(14-8-7-12(3)9-14)11-15-10-13(4)18-19(15)6-2/h10,12,14,16-17H,5-9,11H2,1-4H3. The van der Waals surface area contributed by atoms with Crippen LogP contribution in [0.3, 0.4) is 0 Å². The summed E-state index contributed by atoms with van der Waals surface area (Å²) < 4.78 is 2.16. The lowest BCUT2D eigenvalue weighted by Crippen LogP contribution is -2.37. The van der Waals surface area contributed by atoms with Gasteiger partial charge in [-0.15, -0.1) is 0 Å². The minimum Gasteiger partial charge on any atom is -0.314 e. The van der Waals surface area contributed by atoms with Gasteiger partial charge in [0.2, 0.25) is 0 Å². The highest BCUT2D eigenvalue weighted by Gasteiger charge is 2.29. The predicted molar refractivity (Wildman–Crippen MR) is 80.3 cm³/mol. The van der Waals surface area contributed by atoms with Crippen molar-refractivity contribution in [2.75, 3.05) is 6.54 Å². The molecule has 0 bridgehead atoms. The number of hydrogen-bond donors (Lipinski definition) is 1. The molecule has 0 aliphatic heterocycles. The number of rotatable bonds is 6. The van der Waals surface area contributed by atoms with Crippen molar-refractivity contribution in [1.29, 1.82) is 0 Å². The van der Waals surface area contributed by atoms with Crippen LogP contribution >= 0.6 is 0 Å². The second-order valence-electron chi connectivity index (χ2n) is 6.14. The Hall–Kier alpha value is -0.830. The van der Waals surface area contributed by atoms with Crippen LogP contribution in [0, 0.1) is 18.8 Å². The van der Waals surface area contributed by atoms with Gasteiger partial charge in [-0.05, 0) is 51.1 Å². The highest BCUT2D eigenvalue weighted by atomic mass is 15.3. The highest BCUT2D eigenvalue weighted by Crippen LogP contribution is 2.33. The van der Waals surface area contributed by atoms with Crippen LogP contribution < -0.4 is 5.32 Å². The molecule has 0 spiro atoms. The Labute approximate surface area is 117 Å². The number of aryl methyl sites for hydroxylation is 2. The maximum absolute atomic E-state index is 4.57. The van der Waals surface area contributed by atoms with Gasteiger partial charge in [0.25, 0.3) is 0 Å². The van der Waals surface area contributed by atoms with Crippen LogP contribution in [0.4, 0.5) is 0 Å². The van der Waals surface area contributed by atoms with Crippen molar-refractivity contribution in [2.45, 2.75) is 66.0 Å². The van der Waals surface area contributed by atoms with E-state index in [9.17, 15) is 0 Å². The van der Waals surface area contributed by atoms with E-state index in [1.165, 1.54) is 25.0 Å². The van der Waals surface area contributed by atoms with Gasteiger partial charge in [-0.3, -0.25) is 4.68 Å². The summed E-state index contributed by atoms with van der Waals surface area (Å²) in [7, 11) is 0. The molecule has 1 saturated carbocycles. The Morgan fingerprint density at radius 1 is 1.42 bits per heavy atom. The number of nitrogens with zero attached hydrogens (tertiary/aromatic N) is 2. The highest BCUT2D eigenvalue weighted by molar-refractivity contribution is 5.11. The molecular weight excluding hydrogens is 234 g/mol. The third-order valence-electron chi connectivity index (χ3n) is 4.48. The number of likely N-dealkylation sites (N-methyl/N-ethyl adjacent to an activating group) is 1. The van der Waals surface area contributed by atoms with Crippen LogP contribution in [0.2, 0.25) is 0 Å². The van der Waals surface area contributed by atoms with Crippen molar-refractivity contribution in [3.8, 4) is 0 Å². The fraction of sp³-hybridized carbons (Fsp3) is 0.812. The number of nitrogens with one attached hydrogen (secondary N) is 1. The van der Waals surface area contributed by atoms with Gasteiger partial charge >= 0.3 is 0 Å². The lowest BCUT2D eigenvalue weighted by molar-refractivity contribution is 0.347. The molecule has 1 aromatic heterocycles. The summed E-state index contributed by atoms with van der Waals surface area (Å²) in [5, 5.41) is 8.29. The zero-order chi connectivity index (χ0) is 13.8. The molecule has 0 saturated heterocycles. The molecule has 3 atom stereocenters. The molecular formula is C16H29N3. The molecule has 19 heavy (non-hydrogen) atoms. The fourth-order valence-electron chi connectivity index (χ4n) is 3.55. The Morgan fingerprint density at radius 2 is 2.21 bits per heavy atom.